The van der Waals surface area contributed by atoms with Gasteiger partial charge in [-0.3, -0.25) is 0 Å². The first kappa shape index (κ1) is 6.41. The van der Waals surface area contributed by atoms with Crippen LogP contribution in [0.1, 0.15) is 26.2 Å². The number of hydrogen-bond acceptors (Lipinski definition) is 1. The SMILES string of the molecule is CC1CC=C2CCOC2C1. The van der Waals surface area contributed by atoms with Gasteiger partial charge in [-0.15, -0.1) is 0 Å². The average molecular weight is 138 g/mol. The lowest BCUT2D eigenvalue weighted by Gasteiger charge is -2.21. The van der Waals surface area contributed by atoms with E-state index in [0.717, 1.165) is 12.5 Å². The molecule has 1 aliphatic carbocycles. The summed E-state index contributed by atoms with van der Waals surface area (Å²) in [7, 11) is 0. The van der Waals surface area contributed by atoms with Crippen molar-refractivity contribution in [1.82, 2.24) is 0 Å². The molecule has 0 aromatic rings. The minimum atomic E-state index is 0.503. The van der Waals surface area contributed by atoms with E-state index in [9.17, 15) is 0 Å². The van der Waals surface area contributed by atoms with Crippen molar-refractivity contribution in [2.75, 3.05) is 6.61 Å². The lowest BCUT2D eigenvalue weighted by molar-refractivity contribution is 0.102. The van der Waals surface area contributed by atoms with Crippen LogP contribution >= 0.6 is 0 Å². The van der Waals surface area contributed by atoms with E-state index < -0.39 is 0 Å². The molecule has 0 aromatic carbocycles. The quantitative estimate of drug-likeness (QED) is 0.466. The Bertz CT molecular complexity index is 160. The van der Waals surface area contributed by atoms with Crippen LogP contribution < -0.4 is 0 Å². The minimum absolute atomic E-state index is 0.503. The zero-order chi connectivity index (χ0) is 6.97. The van der Waals surface area contributed by atoms with Gasteiger partial charge in [0.1, 0.15) is 0 Å². The number of ether oxygens (including phenoxy) is 1. The molecule has 1 saturated heterocycles. The van der Waals surface area contributed by atoms with E-state index in [1.54, 1.807) is 5.57 Å². The molecular weight excluding hydrogens is 124 g/mol. The molecule has 0 bridgehead atoms. The topological polar surface area (TPSA) is 9.23 Å². The Labute approximate surface area is 62.1 Å². The molecule has 1 aliphatic heterocycles. The van der Waals surface area contributed by atoms with E-state index in [2.05, 4.69) is 13.0 Å². The Hall–Kier alpha value is -0.300. The molecule has 1 heteroatoms. The standard InChI is InChI=1S/C9H14O/c1-7-2-3-8-4-5-10-9(8)6-7/h3,7,9H,2,4-6H2,1H3. The van der Waals surface area contributed by atoms with Crippen LogP contribution in [0.3, 0.4) is 0 Å². The van der Waals surface area contributed by atoms with Crippen molar-refractivity contribution in [1.29, 1.82) is 0 Å². The predicted molar refractivity (Wildman–Crippen MR) is 40.8 cm³/mol. The molecule has 56 valence electrons. The van der Waals surface area contributed by atoms with Crippen LogP contribution in [0.25, 0.3) is 0 Å². The van der Waals surface area contributed by atoms with Gasteiger partial charge in [-0.1, -0.05) is 13.0 Å². The van der Waals surface area contributed by atoms with E-state index in [0.29, 0.717) is 6.10 Å². The third-order valence-corrected chi connectivity index (χ3v) is 2.52. The minimum Gasteiger partial charge on any atom is -0.374 e. The highest BCUT2D eigenvalue weighted by Gasteiger charge is 2.26. The highest BCUT2D eigenvalue weighted by molar-refractivity contribution is 5.15. The van der Waals surface area contributed by atoms with Gasteiger partial charge in [0.25, 0.3) is 0 Å². The summed E-state index contributed by atoms with van der Waals surface area (Å²) in [5, 5.41) is 0. The van der Waals surface area contributed by atoms with Gasteiger partial charge >= 0.3 is 0 Å². The first-order valence-corrected chi connectivity index (χ1v) is 4.17. The highest BCUT2D eigenvalue weighted by Crippen LogP contribution is 2.31. The maximum atomic E-state index is 5.56. The van der Waals surface area contributed by atoms with Crippen LogP contribution in [0.15, 0.2) is 11.6 Å². The molecule has 0 aromatic heterocycles. The maximum absolute atomic E-state index is 5.56. The van der Waals surface area contributed by atoms with Crippen molar-refractivity contribution in [2.24, 2.45) is 5.92 Å². The van der Waals surface area contributed by atoms with Crippen molar-refractivity contribution >= 4 is 0 Å². The lowest BCUT2D eigenvalue weighted by Crippen LogP contribution is -2.16. The first-order chi connectivity index (χ1) is 4.86. The summed E-state index contributed by atoms with van der Waals surface area (Å²) in [5.41, 5.74) is 1.57. The number of fused-ring (bicyclic) bond motifs is 1. The molecule has 0 N–H and O–H groups in total. The molecule has 2 aliphatic rings. The Kier molecular flexibility index (Phi) is 1.53. The molecule has 0 spiro atoms. The van der Waals surface area contributed by atoms with Gasteiger partial charge in [-0.25, -0.2) is 0 Å². The molecule has 0 amide bonds. The average Bonchev–Trinajstić information content (AvgIpc) is 2.33. The van der Waals surface area contributed by atoms with Crippen LogP contribution in [0.5, 0.6) is 0 Å². The molecule has 0 saturated carbocycles. The van der Waals surface area contributed by atoms with Crippen molar-refractivity contribution in [3.8, 4) is 0 Å². The van der Waals surface area contributed by atoms with E-state index >= 15 is 0 Å². The van der Waals surface area contributed by atoms with Crippen molar-refractivity contribution < 1.29 is 4.74 Å². The second-order valence-corrected chi connectivity index (χ2v) is 3.47. The van der Waals surface area contributed by atoms with Gasteiger partial charge < -0.3 is 4.74 Å². The van der Waals surface area contributed by atoms with Crippen LogP contribution in [0.4, 0.5) is 0 Å². The summed E-state index contributed by atoms with van der Waals surface area (Å²) in [6.45, 7) is 3.26. The second-order valence-electron chi connectivity index (χ2n) is 3.47. The normalized spacial score (nSPS) is 39.1. The van der Waals surface area contributed by atoms with E-state index in [4.69, 9.17) is 4.74 Å². The van der Waals surface area contributed by atoms with Crippen molar-refractivity contribution in [3.63, 3.8) is 0 Å². The van der Waals surface area contributed by atoms with E-state index in [-0.39, 0.29) is 0 Å². The van der Waals surface area contributed by atoms with E-state index in [1.807, 2.05) is 0 Å². The summed E-state index contributed by atoms with van der Waals surface area (Å²) in [6, 6.07) is 0. The fourth-order valence-electron chi connectivity index (χ4n) is 1.85. The molecule has 1 fully saturated rings. The van der Waals surface area contributed by atoms with Gasteiger partial charge in [0.2, 0.25) is 0 Å². The molecule has 2 unspecified atom stereocenters. The molecule has 1 heterocycles. The summed E-state index contributed by atoms with van der Waals surface area (Å²) >= 11 is 0. The molecule has 0 radical (unpaired) electrons. The monoisotopic (exact) mass is 138 g/mol. The van der Waals surface area contributed by atoms with E-state index in [1.165, 1.54) is 19.3 Å². The molecule has 2 atom stereocenters. The Morgan fingerprint density at radius 3 is 3.40 bits per heavy atom. The molecular formula is C9H14O. The summed E-state index contributed by atoms with van der Waals surface area (Å²) < 4.78 is 5.56. The van der Waals surface area contributed by atoms with Crippen LogP contribution in [0.2, 0.25) is 0 Å². The summed E-state index contributed by atoms with van der Waals surface area (Å²) in [5.74, 6) is 0.840. The smallest absolute Gasteiger partial charge is 0.0788 e. The fraction of sp³-hybridized carbons (Fsp3) is 0.778. The van der Waals surface area contributed by atoms with Crippen molar-refractivity contribution in [2.45, 2.75) is 32.3 Å². The third-order valence-electron chi connectivity index (χ3n) is 2.52. The lowest BCUT2D eigenvalue weighted by atomic mass is 9.89. The van der Waals surface area contributed by atoms with Gasteiger partial charge in [0, 0.05) is 0 Å². The van der Waals surface area contributed by atoms with Gasteiger partial charge in [0.15, 0.2) is 0 Å². The van der Waals surface area contributed by atoms with Crippen LogP contribution in [0, 0.1) is 5.92 Å². The number of rotatable bonds is 0. The van der Waals surface area contributed by atoms with Gasteiger partial charge in [-0.05, 0) is 30.8 Å². The fourth-order valence-corrected chi connectivity index (χ4v) is 1.85. The predicted octanol–water partition coefficient (Wildman–Crippen LogP) is 2.13. The zero-order valence-electron chi connectivity index (χ0n) is 6.47. The van der Waals surface area contributed by atoms with Crippen LogP contribution in [-0.2, 0) is 4.74 Å². The maximum Gasteiger partial charge on any atom is 0.0788 e. The Balaban J connectivity index is 2.12. The van der Waals surface area contributed by atoms with Gasteiger partial charge in [0.05, 0.1) is 12.7 Å². The summed E-state index contributed by atoms with van der Waals surface area (Å²) in [4.78, 5) is 0. The van der Waals surface area contributed by atoms with Crippen LogP contribution in [-0.4, -0.2) is 12.7 Å². The molecule has 10 heavy (non-hydrogen) atoms. The summed E-state index contributed by atoms with van der Waals surface area (Å²) in [6.07, 6.45) is 6.60. The zero-order valence-corrected chi connectivity index (χ0v) is 6.47. The molecule has 2 rings (SSSR count). The van der Waals surface area contributed by atoms with Crippen molar-refractivity contribution in [3.05, 3.63) is 11.6 Å². The Morgan fingerprint density at radius 2 is 2.50 bits per heavy atom. The number of hydrogen-bond donors (Lipinski definition) is 0. The second kappa shape index (κ2) is 2.39. The largest absolute Gasteiger partial charge is 0.374 e. The molecule has 1 nitrogen and oxygen atoms in total. The Morgan fingerprint density at radius 1 is 1.60 bits per heavy atom. The number of allylic oxidation sites excluding steroid dienone is 1. The van der Waals surface area contributed by atoms with Gasteiger partial charge in [-0.2, -0.15) is 0 Å². The third kappa shape index (κ3) is 0.988. The highest BCUT2D eigenvalue weighted by atomic mass is 16.5. The first-order valence-electron chi connectivity index (χ1n) is 4.17.